The summed E-state index contributed by atoms with van der Waals surface area (Å²) in [7, 11) is 10.6. The van der Waals surface area contributed by atoms with E-state index < -0.39 is 0 Å². The van der Waals surface area contributed by atoms with E-state index in [0.717, 1.165) is 0 Å². The number of benzene rings is 2. The second-order valence-electron chi connectivity index (χ2n) is 4.41. The molecule has 0 aliphatic carbocycles. The first-order valence-electron chi connectivity index (χ1n) is 6.48. The van der Waals surface area contributed by atoms with Crippen LogP contribution in [0.25, 0.3) is 0 Å². The summed E-state index contributed by atoms with van der Waals surface area (Å²) >= 11 is 0. The summed E-state index contributed by atoms with van der Waals surface area (Å²) in [5.41, 5.74) is 1.04. The Balaban J connectivity index is 2.15. The molecule has 0 heterocycles. The minimum absolute atomic E-state index is 0.0244. The van der Waals surface area contributed by atoms with Gasteiger partial charge in [-0.05, 0) is 49.0 Å². The molecule has 0 aromatic heterocycles. The maximum Gasteiger partial charge on any atom is 0.154 e. The van der Waals surface area contributed by atoms with Crippen molar-refractivity contribution in [3.63, 3.8) is 0 Å². The van der Waals surface area contributed by atoms with Crippen LogP contribution in [0, 0.1) is 0 Å². The van der Waals surface area contributed by atoms with Gasteiger partial charge >= 0.3 is 0 Å². The van der Waals surface area contributed by atoms with Crippen LogP contribution in [0.1, 0.15) is 20.7 Å². The minimum Gasteiger partial charge on any atom is -0.457 e. The SMILES string of the molecule is [B]CC(=O)c1ccc(Oc2cccc(C(=O)C[B])c2)cc1. The van der Waals surface area contributed by atoms with Gasteiger partial charge in [-0.15, -0.1) is 0 Å². The Labute approximate surface area is 126 Å². The molecule has 0 N–H and O–H groups in total. The highest BCUT2D eigenvalue weighted by Gasteiger charge is 2.06. The van der Waals surface area contributed by atoms with Crippen molar-refractivity contribution in [1.82, 2.24) is 0 Å². The fraction of sp³-hybridized carbons (Fsp3) is 0.125. The second kappa shape index (κ2) is 6.93. The summed E-state index contributed by atoms with van der Waals surface area (Å²) in [6, 6.07) is 13.5. The lowest BCUT2D eigenvalue weighted by atomic mass is 9.96. The van der Waals surface area contributed by atoms with Crippen molar-refractivity contribution in [3.05, 3.63) is 59.7 Å². The van der Waals surface area contributed by atoms with Crippen molar-refractivity contribution in [2.24, 2.45) is 0 Å². The topological polar surface area (TPSA) is 43.4 Å². The summed E-state index contributed by atoms with van der Waals surface area (Å²) in [6.45, 7) is 0. The molecule has 2 aromatic carbocycles. The summed E-state index contributed by atoms with van der Waals surface area (Å²) < 4.78 is 5.65. The average molecular weight is 274 g/mol. The highest BCUT2D eigenvalue weighted by atomic mass is 16.5. The number of ether oxygens (including phenoxy) is 1. The van der Waals surface area contributed by atoms with Gasteiger partial charge in [-0.25, -0.2) is 0 Å². The van der Waals surface area contributed by atoms with Crippen LogP contribution in [0.5, 0.6) is 11.5 Å². The van der Waals surface area contributed by atoms with E-state index in [9.17, 15) is 9.59 Å². The van der Waals surface area contributed by atoms with Crippen molar-refractivity contribution < 1.29 is 14.3 Å². The smallest absolute Gasteiger partial charge is 0.154 e. The normalized spacial score (nSPS) is 10.1. The third-order valence-electron chi connectivity index (χ3n) is 2.94. The maximum atomic E-state index is 11.5. The standard InChI is InChI=1S/C16H12B2O3/c17-9-15(19)11-4-6-13(7-5-11)21-14-3-1-2-12(8-14)16(20)10-18/h1-8H,9-10H2. The van der Waals surface area contributed by atoms with Crippen LogP contribution < -0.4 is 4.74 Å². The predicted molar refractivity (Wildman–Crippen MR) is 82.7 cm³/mol. The van der Waals surface area contributed by atoms with E-state index in [-0.39, 0.29) is 24.2 Å². The number of ketones is 2. The van der Waals surface area contributed by atoms with Crippen LogP contribution in [-0.4, -0.2) is 27.3 Å². The number of hydrogen-bond acceptors (Lipinski definition) is 3. The van der Waals surface area contributed by atoms with Crippen LogP contribution in [0.15, 0.2) is 48.5 Å². The van der Waals surface area contributed by atoms with E-state index in [1.54, 1.807) is 48.5 Å². The van der Waals surface area contributed by atoms with Crippen LogP contribution in [0.2, 0.25) is 12.6 Å². The lowest BCUT2D eigenvalue weighted by Crippen LogP contribution is -1.98. The molecule has 0 aliphatic heterocycles. The van der Waals surface area contributed by atoms with Crippen molar-refractivity contribution in [3.8, 4) is 11.5 Å². The molecule has 0 fully saturated rings. The highest BCUT2D eigenvalue weighted by Crippen LogP contribution is 2.23. The quantitative estimate of drug-likeness (QED) is 0.600. The molecule has 0 atom stereocenters. The molecule has 0 unspecified atom stereocenters. The molecule has 21 heavy (non-hydrogen) atoms. The van der Waals surface area contributed by atoms with Gasteiger partial charge in [-0.1, -0.05) is 12.1 Å². The number of carbonyl (C=O) groups is 2. The predicted octanol–water partition coefficient (Wildman–Crippen LogP) is 3.02. The monoisotopic (exact) mass is 274 g/mol. The van der Waals surface area contributed by atoms with E-state index in [2.05, 4.69) is 0 Å². The van der Waals surface area contributed by atoms with Gasteiger partial charge in [0, 0.05) is 11.1 Å². The molecule has 100 valence electrons. The zero-order valence-corrected chi connectivity index (χ0v) is 11.4. The third-order valence-corrected chi connectivity index (χ3v) is 2.94. The van der Waals surface area contributed by atoms with E-state index in [1.165, 1.54) is 0 Å². The van der Waals surface area contributed by atoms with Crippen molar-refractivity contribution in [2.75, 3.05) is 0 Å². The van der Waals surface area contributed by atoms with Crippen molar-refractivity contribution in [1.29, 1.82) is 0 Å². The van der Waals surface area contributed by atoms with Gasteiger partial charge in [0.2, 0.25) is 0 Å². The summed E-state index contributed by atoms with van der Waals surface area (Å²) in [5, 5.41) is 0. The lowest BCUT2D eigenvalue weighted by molar-refractivity contribution is 0.100. The van der Waals surface area contributed by atoms with E-state index in [1.807, 2.05) is 0 Å². The Morgan fingerprint density at radius 1 is 0.810 bits per heavy atom. The molecule has 5 heteroatoms. The van der Waals surface area contributed by atoms with Crippen molar-refractivity contribution in [2.45, 2.75) is 12.6 Å². The summed E-state index contributed by atoms with van der Waals surface area (Å²) in [4.78, 5) is 23.0. The largest absolute Gasteiger partial charge is 0.457 e. The van der Waals surface area contributed by atoms with Gasteiger partial charge in [-0.2, -0.15) is 0 Å². The molecule has 0 amide bonds. The molecule has 4 radical (unpaired) electrons. The van der Waals surface area contributed by atoms with Crippen LogP contribution in [-0.2, 0) is 0 Å². The first-order chi connectivity index (χ1) is 10.1. The second-order valence-corrected chi connectivity index (χ2v) is 4.41. The fourth-order valence-corrected chi connectivity index (χ4v) is 1.81. The summed E-state index contributed by atoms with van der Waals surface area (Å²) in [6.07, 6.45) is -0.0667. The number of carbonyl (C=O) groups excluding carboxylic acids is 2. The molecule has 0 spiro atoms. The summed E-state index contributed by atoms with van der Waals surface area (Å²) in [5.74, 6) is 0.828. The first-order valence-corrected chi connectivity index (χ1v) is 6.48. The molecular formula is C16H12B2O3. The Morgan fingerprint density at radius 2 is 1.43 bits per heavy atom. The van der Waals surface area contributed by atoms with Gasteiger partial charge in [0.15, 0.2) is 11.6 Å². The Hall–Kier alpha value is -2.29. The van der Waals surface area contributed by atoms with Gasteiger partial charge in [-0.3, -0.25) is 9.59 Å². The van der Waals surface area contributed by atoms with Gasteiger partial charge in [0.05, 0.1) is 15.7 Å². The molecule has 0 saturated carbocycles. The van der Waals surface area contributed by atoms with Gasteiger partial charge in [0.25, 0.3) is 0 Å². The number of rotatable bonds is 6. The van der Waals surface area contributed by atoms with E-state index in [4.69, 9.17) is 20.4 Å². The third kappa shape index (κ3) is 3.85. The first kappa shape index (κ1) is 15.1. The molecule has 0 bridgehead atoms. The molecule has 2 rings (SSSR count). The molecule has 0 saturated heterocycles. The van der Waals surface area contributed by atoms with E-state index >= 15 is 0 Å². The molecule has 0 aliphatic rings. The molecule has 3 nitrogen and oxygen atoms in total. The van der Waals surface area contributed by atoms with Crippen LogP contribution >= 0.6 is 0 Å². The number of Topliss-reactive ketones (excluding diaryl/α,β-unsaturated/α-hetero) is 2. The van der Waals surface area contributed by atoms with Gasteiger partial charge in [0.1, 0.15) is 11.5 Å². The number of hydrogen-bond donors (Lipinski definition) is 0. The molecule has 2 aromatic rings. The van der Waals surface area contributed by atoms with Gasteiger partial charge < -0.3 is 4.74 Å². The van der Waals surface area contributed by atoms with E-state index in [0.29, 0.717) is 22.6 Å². The Bertz CT molecular complexity index is 651. The maximum absolute atomic E-state index is 11.5. The zero-order valence-electron chi connectivity index (χ0n) is 11.4. The van der Waals surface area contributed by atoms with Crippen LogP contribution in [0.3, 0.4) is 0 Å². The minimum atomic E-state index is -0.149. The van der Waals surface area contributed by atoms with Crippen LogP contribution in [0.4, 0.5) is 0 Å². The molecular weight excluding hydrogens is 262 g/mol. The lowest BCUT2D eigenvalue weighted by Gasteiger charge is -2.07. The average Bonchev–Trinajstić information content (AvgIpc) is 2.54. The fourth-order valence-electron chi connectivity index (χ4n) is 1.81. The highest BCUT2D eigenvalue weighted by molar-refractivity contribution is 6.24. The Kier molecular flexibility index (Phi) is 4.99. The van der Waals surface area contributed by atoms with Crippen molar-refractivity contribution >= 4 is 27.3 Å². The zero-order chi connectivity index (χ0) is 15.2. The Morgan fingerprint density at radius 3 is 2.05 bits per heavy atom.